The van der Waals surface area contributed by atoms with Gasteiger partial charge in [0.1, 0.15) is 11.4 Å². The minimum absolute atomic E-state index is 0.229. The molecule has 0 bridgehead atoms. The van der Waals surface area contributed by atoms with E-state index in [1.165, 1.54) is 11.3 Å². The molecular weight excluding hydrogens is 428 g/mol. The first-order chi connectivity index (χ1) is 15.6. The molecule has 0 saturated carbocycles. The van der Waals surface area contributed by atoms with Gasteiger partial charge in [0.15, 0.2) is 11.5 Å². The maximum atomic E-state index is 13.6. The summed E-state index contributed by atoms with van der Waals surface area (Å²) < 4.78 is 11.3. The quantitative estimate of drug-likeness (QED) is 0.527. The highest BCUT2D eigenvalue weighted by Gasteiger charge is 2.73. The van der Waals surface area contributed by atoms with Gasteiger partial charge in [-0.3, -0.25) is 25.2 Å². The third-order valence-electron chi connectivity index (χ3n) is 6.11. The number of hydrogen-bond donors (Lipinski definition) is 2. The van der Waals surface area contributed by atoms with E-state index in [4.69, 9.17) is 9.15 Å². The average Bonchev–Trinajstić information content (AvgIpc) is 3.35. The van der Waals surface area contributed by atoms with Gasteiger partial charge in [-0.05, 0) is 44.0 Å². The molecule has 170 valence electrons. The van der Waals surface area contributed by atoms with Crippen molar-refractivity contribution in [2.24, 2.45) is 10.5 Å². The number of nitrogens with one attached hydrogen (secondary N) is 2. The minimum Gasteiger partial charge on any atom is -0.469 e. The Kier molecular flexibility index (Phi) is 4.45. The standard InChI is InChI=1S/C23H22N4O6/c1-22(2,3)33-18(28)16-15(14-9-6-10-32-14)23(19(29)25-21(31)26-20(23)30)17-13-8-5-4-7-12(13)11-24-27(16)17/h4-11,15-17H,1-3H3,(H2,25,26,29,30,31)/t15-,16+,17-/m1/s1. The van der Waals surface area contributed by atoms with Gasteiger partial charge in [-0.15, -0.1) is 0 Å². The van der Waals surface area contributed by atoms with Crippen molar-refractivity contribution >= 4 is 30.0 Å². The summed E-state index contributed by atoms with van der Waals surface area (Å²) in [5.74, 6) is -3.22. The summed E-state index contributed by atoms with van der Waals surface area (Å²) in [7, 11) is 0. The Morgan fingerprint density at radius 2 is 1.79 bits per heavy atom. The minimum atomic E-state index is -1.93. The van der Waals surface area contributed by atoms with Crippen LogP contribution in [0.15, 0.2) is 52.2 Å². The number of furan rings is 1. The number of carbonyl (C=O) groups is 4. The molecule has 1 aromatic heterocycles. The zero-order valence-corrected chi connectivity index (χ0v) is 18.2. The largest absolute Gasteiger partial charge is 0.469 e. The van der Waals surface area contributed by atoms with Crippen LogP contribution < -0.4 is 10.6 Å². The first-order valence-corrected chi connectivity index (χ1v) is 10.5. The van der Waals surface area contributed by atoms with Crippen LogP contribution in [-0.2, 0) is 19.1 Å². The van der Waals surface area contributed by atoms with Crippen molar-refractivity contribution in [3.8, 4) is 0 Å². The van der Waals surface area contributed by atoms with Crippen LogP contribution >= 0.6 is 0 Å². The number of urea groups is 1. The van der Waals surface area contributed by atoms with Crippen molar-refractivity contribution in [1.29, 1.82) is 0 Å². The summed E-state index contributed by atoms with van der Waals surface area (Å²) in [4.78, 5) is 52.7. The monoisotopic (exact) mass is 450 g/mol. The molecule has 5 rings (SSSR count). The van der Waals surface area contributed by atoms with Crippen molar-refractivity contribution < 1.29 is 28.3 Å². The third kappa shape index (κ3) is 2.97. The molecular formula is C23H22N4O6. The van der Waals surface area contributed by atoms with Gasteiger partial charge in [-0.1, -0.05) is 24.3 Å². The normalized spacial score (nSPS) is 25.4. The second kappa shape index (κ2) is 7.03. The zero-order chi connectivity index (χ0) is 23.5. The van der Waals surface area contributed by atoms with Crippen LogP contribution in [0.3, 0.4) is 0 Å². The van der Waals surface area contributed by atoms with Gasteiger partial charge in [0.2, 0.25) is 11.8 Å². The summed E-state index contributed by atoms with van der Waals surface area (Å²) in [5, 5.41) is 10.4. The number of imide groups is 2. The molecule has 1 spiro atoms. The molecule has 0 radical (unpaired) electrons. The molecule has 1 aromatic carbocycles. The lowest BCUT2D eigenvalue weighted by molar-refractivity contribution is -0.161. The number of hydrogen-bond acceptors (Lipinski definition) is 8. The van der Waals surface area contributed by atoms with Crippen LogP contribution in [0.4, 0.5) is 4.79 Å². The molecule has 4 heterocycles. The fraction of sp³-hybridized carbons (Fsp3) is 0.348. The van der Waals surface area contributed by atoms with Crippen molar-refractivity contribution in [3.05, 3.63) is 59.5 Å². The molecule has 2 saturated heterocycles. The lowest BCUT2D eigenvalue weighted by atomic mass is 9.65. The summed E-state index contributed by atoms with van der Waals surface area (Å²) >= 11 is 0. The van der Waals surface area contributed by atoms with Crippen LogP contribution in [0.1, 0.15) is 49.6 Å². The molecule has 33 heavy (non-hydrogen) atoms. The van der Waals surface area contributed by atoms with Crippen LogP contribution in [0.25, 0.3) is 0 Å². The van der Waals surface area contributed by atoms with Crippen molar-refractivity contribution in [3.63, 3.8) is 0 Å². The number of esters is 1. The number of fused-ring (bicyclic) bond motifs is 4. The van der Waals surface area contributed by atoms with E-state index in [2.05, 4.69) is 15.7 Å². The Labute approximate surface area is 188 Å². The number of carbonyl (C=O) groups excluding carboxylic acids is 4. The highest BCUT2D eigenvalue weighted by atomic mass is 16.6. The number of rotatable bonds is 2. The fourth-order valence-corrected chi connectivity index (χ4v) is 5.01. The predicted octanol–water partition coefficient (Wildman–Crippen LogP) is 1.83. The smallest absolute Gasteiger partial charge is 0.331 e. The lowest BCUT2D eigenvalue weighted by Crippen LogP contribution is -2.65. The third-order valence-corrected chi connectivity index (χ3v) is 6.11. The van der Waals surface area contributed by atoms with Gasteiger partial charge in [0, 0.05) is 0 Å². The van der Waals surface area contributed by atoms with Gasteiger partial charge < -0.3 is 9.15 Å². The van der Waals surface area contributed by atoms with E-state index in [0.29, 0.717) is 11.1 Å². The highest BCUT2D eigenvalue weighted by Crippen LogP contribution is 2.60. The van der Waals surface area contributed by atoms with E-state index in [9.17, 15) is 19.2 Å². The molecule has 2 aromatic rings. The summed E-state index contributed by atoms with van der Waals surface area (Å²) in [6.07, 6.45) is 2.97. The van der Waals surface area contributed by atoms with Crippen LogP contribution in [-0.4, -0.2) is 46.7 Å². The Morgan fingerprint density at radius 1 is 1.09 bits per heavy atom. The predicted molar refractivity (Wildman–Crippen MR) is 114 cm³/mol. The van der Waals surface area contributed by atoms with Crippen LogP contribution in [0.2, 0.25) is 0 Å². The first-order valence-electron chi connectivity index (χ1n) is 10.5. The second-order valence-corrected chi connectivity index (χ2v) is 9.23. The molecule has 3 aliphatic heterocycles. The van der Waals surface area contributed by atoms with Crippen LogP contribution in [0, 0.1) is 5.41 Å². The maximum Gasteiger partial charge on any atom is 0.331 e. The molecule has 2 N–H and O–H groups in total. The van der Waals surface area contributed by atoms with Crippen molar-refractivity contribution in [2.45, 2.75) is 44.4 Å². The van der Waals surface area contributed by atoms with Crippen molar-refractivity contribution in [1.82, 2.24) is 15.6 Å². The maximum absolute atomic E-state index is 13.6. The molecule has 3 atom stereocenters. The number of nitrogens with zero attached hydrogens (tertiary/aromatic N) is 2. The molecule has 0 aliphatic carbocycles. The Balaban J connectivity index is 1.79. The van der Waals surface area contributed by atoms with E-state index in [1.807, 2.05) is 6.07 Å². The Morgan fingerprint density at radius 3 is 2.42 bits per heavy atom. The second-order valence-electron chi connectivity index (χ2n) is 9.23. The van der Waals surface area contributed by atoms with Gasteiger partial charge >= 0.3 is 12.0 Å². The van der Waals surface area contributed by atoms with E-state index in [1.54, 1.807) is 57.3 Å². The molecule has 3 aliphatic rings. The summed E-state index contributed by atoms with van der Waals surface area (Å²) in [6.45, 7) is 5.17. The van der Waals surface area contributed by atoms with Gasteiger partial charge in [0.25, 0.3) is 0 Å². The highest BCUT2D eigenvalue weighted by molar-refractivity contribution is 6.21. The van der Waals surface area contributed by atoms with E-state index < -0.39 is 52.8 Å². The van der Waals surface area contributed by atoms with E-state index in [-0.39, 0.29) is 5.76 Å². The molecule has 10 heteroatoms. The number of ether oxygens (including phenoxy) is 1. The van der Waals surface area contributed by atoms with Crippen LogP contribution in [0.5, 0.6) is 0 Å². The number of hydrazone groups is 1. The average molecular weight is 450 g/mol. The van der Waals surface area contributed by atoms with Gasteiger partial charge in [-0.2, -0.15) is 5.10 Å². The fourth-order valence-electron chi connectivity index (χ4n) is 5.01. The topological polar surface area (TPSA) is 130 Å². The number of benzene rings is 1. The number of amides is 4. The lowest BCUT2D eigenvalue weighted by Gasteiger charge is -2.40. The van der Waals surface area contributed by atoms with Gasteiger partial charge in [0.05, 0.1) is 24.4 Å². The molecule has 10 nitrogen and oxygen atoms in total. The first kappa shape index (κ1) is 20.9. The number of barbiturate groups is 1. The SMILES string of the molecule is CC(C)(C)OC(=O)[C@@H]1[C@@H](c2ccco2)C2(C(=O)NC(=O)NC2=O)[C@H]2c3ccccc3C=NN12. The Hall–Kier alpha value is -3.95. The zero-order valence-electron chi connectivity index (χ0n) is 18.2. The van der Waals surface area contributed by atoms with Gasteiger partial charge in [-0.25, -0.2) is 9.59 Å². The Bertz CT molecular complexity index is 1180. The molecule has 0 unspecified atom stereocenters. The molecule has 4 amide bonds. The molecule has 2 fully saturated rings. The van der Waals surface area contributed by atoms with E-state index in [0.717, 1.165) is 0 Å². The summed E-state index contributed by atoms with van der Waals surface area (Å²) in [6, 6.07) is 7.27. The van der Waals surface area contributed by atoms with Crippen molar-refractivity contribution in [2.75, 3.05) is 0 Å². The summed E-state index contributed by atoms with van der Waals surface area (Å²) in [5.41, 5.74) is -1.45. The van der Waals surface area contributed by atoms with E-state index >= 15 is 0 Å².